The molecule has 1 aliphatic rings. The van der Waals surface area contributed by atoms with Gasteiger partial charge in [-0.25, -0.2) is 0 Å². The molecular formula is C19H32IN3O2. The summed E-state index contributed by atoms with van der Waals surface area (Å²) in [6, 6.07) is 6.09. The monoisotopic (exact) mass is 461 g/mol. The van der Waals surface area contributed by atoms with Gasteiger partial charge in [-0.2, -0.15) is 0 Å². The predicted octanol–water partition coefficient (Wildman–Crippen LogP) is 3.91. The molecule has 6 heteroatoms. The molecule has 1 heterocycles. The first-order valence-corrected chi connectivity index (χ1v) is 8.93. The fourth-order valence-corrected chi connectivity index (χ4v) is 3.05. The summed E-state index contributed by atoms with van der Waals surface area (Å²) in [6.45, 7) is 7.98. The van der Waals surface area contributed by atoms with Gasteiger partial charge in [-0.15, -0.1) is 24.0 Å². The minimum atomic E-state index is 0. The van der Waals surface area contributed by atoms with Crippen molar-refractivity contribution in [2.45, 2.75) is 39.7 Å². The normalized spacial score (nSPS) is 17.7. The Balaban J connectivity index is 0.00000312. The van der Waals surface area contributed by atoms with Crippen LogP contribution in [-0.4, -0.2) is 44.7 Å². The quantitative estimate of drug-likeness (QED) is 0.397. The van der Waals surface area contributed by atoms with Crippen LogP contribution in [0.25, 0.3) is 0 Å². The van der Waals surface area contributed by atoms with Gasteiger partial charge in [0.15, 0.2) is 17.5 Å². The van der Waals surface area contributed by atoms with Crippen molar-refractivity contribution in [3.63, 3.8) is 0 Å². The van der Waals surface area contributed by atoms with E-state index in [-0.39, 0.29) is 24.0 Å². The second kappa shape index (κ2) is 11.4. The second-order valence-corrected chi connectivity index (χ2v) is 6.43. The summed E-state index contributed by atoms with van der Waals surface area (Å²) >= 11 is 0. The van der Waals surface area contributed by atoms with Crippen molar-refractivity contribution < 1.29 is 9.47 Å². The highest BCUT2D eigenvalue weighted by Crippen LogP contribution is 2.28. The van der Waals surface area contributed by atoms with Crippen LogP contribution in [0.4, 0.5) is 0 Å². The zero-order valence-electron chi connectivity index (χ0n) is 15.9. The molecule has 5 nitrogen and oxygen atoms in total. The van der Waals surface area contributed by atoms with Crippen molar-refractivity contribution in [2.75, 3.05) is 33.9 Å². The number of piperidine rings is 1. The Morgan fingerprint density at radius 1 is 1.36 bits per heavy atom. The molecule has 2 rings (SSSR count). The molecule has 0 aliphatic carbocycles. The number of ether oxygens (including phenoxy) is 2. The van der Waals surface area contributed by atoms with Gasteiger partial charge in [0.1, 0.15) is 0 Å². The lowest BCUT2D eigenvalue weighted by atomic mass is 10.0. The Bertz CT molecular complexity index is 551. The molecule has 142 valence electrons. The lowest BCUT2D eigenvalue weighted by Gasteiger charge is -2.33. The SMILES string of the molecule is CCCOc1ccc(CNC(=NC)N2CCCC(C)C2)cc1OC.I. The molecule has 0 radical (unpaired) electrons. The first-order valence-electron chi connectivity index (χ1n) is 8.93. The summed E-state index contributed by atoms with van der Waals surface area (Å²) in [5, 5.41) is 3.47. The maximum Gasteiger partial charge on any atom is 0.193 e. The lowest BCUT2D eigenvalue weighted by Crippen LogP contribution is -2.45. The van der Waals surface area contributed by atoms with Crippen LogP contribution in [0.5, 0.6) is 11.5 Å². The third kappa shape index (κ3) is 6.56. The van der Waals surface area contributed by atoms with E-state index in [1.165, 1.54) is 12.8 Å². The fraction of sp³-hybridized carbons (Fsp3) is 0.632. The van der Waals surface area contributed by atoms with E-state index in [0.29, 0.717) is 6.61 Å². The average Bonchev–Trinajstić information content (AvgIpc) is 2.61. The zero-order valence-corrected chi connectivity index (χ0v) is 18.2. The number of hydrogen-bond acceptors (Lipinski definition) is 3. The second-order valence-electron chi connectivity index (χ2n) is 6.43. The largest absolute Gasteiger partial charge is 0.493 e. The van der Waals surface area contributed by atoms with E-state index in [2.05, 4.69) is 35.1 Å². The van der Waals surface area contributed by atoms with Crippen molar-refractivity contribution in [3.8, 4) is 11.5 Å². The molecule has 0 amide bonds. The van der Waals surface area contributed by atoms with Gasteiger partial charge in [-0.1, -0.05) is 19.9 Å². The Kier molecular flexibility index (Phi) is 10.0. The smallest absolute Gasteiger partial charge is 0.193 e. The Hall–Kier alpha value is -1.18. The third-order valence-electron chi connectivity index (χ3n) is 4.31. The number of hydrogen-bond donors (Lipinski definition) is 1. The molecule has 0 bridgehead atoms. The lowest BCUT2D eigenvalue weighted by molar-refractivity contribution is 0.266. The van der Waals surface area contributed by atoms with Gasteiger partial charge < -0.3 is 19.7 Å². The van der Waals surface area contributed by atoms with Gasteiger partial charge in [-0.05, 0) is 42.9 Å². The average molecular weight is 461 g/mol. The van der Waals surface area contributed by atoms with Crippen LogP contribution >= 0.6 is 24.0 Å². The number of guanidine groups is 1. The van der Waals surface area contributed by atoms with Crippen LogP contribution in [0.1, 0.15) is 38.7 Å². The summed E-state index contributed by atoms with van der Waals surface area (Å²) in [5.41, 5.74) is 1.15. The van der Waals surface area contributed by atoms with E-state index in [4.69, 9.17) is 9.47 Å². The van der Waals surface area contributed by atoms with Crippen molar-refractivity contribution in [1.29, 1.82) is 0 Å². The molecule has 0 saturated carbocycles. The van der Waals surface area contributed by atoms with E-state index in [0.717, 1.165) is 55.0 Å². The molecule has 0 aromatic heterocycles. The summed E-state index contributed by atoms with van der Waals surface area (Å²) in [6.07, 6.45) is 3.53. The molecule has 1 unspecified atom stereocenters. The van der Waals surface area contributed by atoms with Crippen molar-refractivity contribution >= 4 is 29.9 Å². The first-order chi connectivity index (χ1) is 11.7. The number of nitrogens with one attached hydrogen (secondary N) is 1. The number of halogens is 1. The number of aliphatic imine (C=N–C) groups is 1. The molecule has 0 spiro atoms. The highest BCUT2D eigenvalue weighted by molar-refractivity contribution is 14.0. The molecule has 1 aromatic rings. The Morgan fingerprint density at radius 3 is 2.80 bits per heavy atom. The number of methoxy groups -OCH3 is 1. The molecule has 25 heavy (non-hydrogen) atoms. The Morgan fingerprint density at radius 2 is 2.16 bits per heavy atom. The van der Waals surface area contributed by atoms with Crippen LogP contribution in [-0.2, 0) is 6.54 Å². The minimum absolute atomic E-state index is 0. The number of nitrogens with zero attached hydrogens (tertiary/aromatic N) is 2. The highest BCUT2D eigenvalue weighted by Gasteiger charge is 2.19. The predicted molar refractivity (Wildman–Crippen MR) is 114 cm³/mol. The summed E-state index contributed by atoms with van der Waals surface area (Å²) in [4.78, 5) is 6.79. The summed E-state index contributed by atoms with van der Waals surface area (Å²) in [7, 11) is 3.53. The minimum Gasteiger partial charge on any atom is -0.493 e. The molecule has 1 atom stereocenters. The molecule has 1 aliphatic heterocycles. The first kappa shape index (κ1) is 21.9. The Labute approximate surface area is 169 Å². The van der Waals surface area contributed by atoms with Crippen LogP contribution in [0.15, 0.2) is 23.2 Å². The van der Waals surface area contributed by atoms with Crippen molar-refractivity contribution in [2.24, 2.45) is 10.9 Å². The van der Waals surface area contributed by atoms with Crippen LogP contribution in [0.3, 0.4) is 0 Å². The van der Waals surface area contributed by atoms with E-state index in [1.807, 2.05) is 19.2 Å². The van der Waals surface area contributed by atoms with E-state index in [1.54, 1.807) is 7.11 Å². The van der Waals surface area contributed by atoms with Crippen LogP contribution in [0.2, 0.25) is 0 Å². The highest BCUT2D eigenvalue weighted by atomic mass is 127. The van der Waals surface area contributed by atoms with Crippen molar-refractivity contribution in [1.82, 2.24) is 10.2 Å². The standard InChI is InChI=1S/C19H31N3O2.HI/c1-5-11-24-17-9-8-16(12-18(17)23-4)13-21-19(20-3)22-10-6-7-15(2)14-22;/h8-9,12,15H,5-7,10-11,13-14H2,1-4H3,(H,20,21);1H. The van der Waals surface area contributed by atoms with Gasteiger partial charge in [0.25, 0.3) is 0 Å². The van der Waals surface area contributed by atoms with Gasteiger partial charge in [-0.3, -0.25) is 4.99 Å². The molecular weight excluding hydrogens is 429 g/mol. The van der Waals surface area contributed by atoms with Crippen LogP contribution < -0.4 is 14.8 Å². The zero-order chi connectivity index (χ0) is 17.4. The summed E-state index contributed by atoms with van der Waals surface area (Å²) < 4.78 is 11.2. The van der Waals surface area contributed by atoms with E-state index < -0.39 is 0 Å². The fourth-order valence-electron chi connectivity index (χ4n) is 3.05. The topological polar surface area (TPSA) is 46.1 Å². The molecule has 1 N–H and O–H groups in total. The van der Waals surface area contributed by atoms with Gasteiger partial charge in [0.05, 0.1) is 13.7 Å². The van der Waals surface area contributed by atoms with Gasteiger partial charge >= 0.3 is 0 Å². The van der Waals surface area contributed by atoms with E-state index >= 15 is 0 Å². The number of rotatable bonds is 6. The van der Waals surface area contributed by atoms with Crippen LogP contribution in [0, 0.1) is 5.92 Å². The maximum absolute atomic E-state index is 5.71. The molecule has 1 fully saturated rings. The maximum atomic E-state index is 5.71. The van der Waals surface area contributed by atoms with Gasteiger partial charge in [0, 0.05) is 26.7 Å². The molecule has 1 saturated heterocycles. The molecule has 1 aromatic carbocycles. The van der Waals surface area contributed by atoms with E-state index in [9.17, 15) is 0 Å². The number of likely N-dealkylation sites (tertiary alicyclic amines) is 1. The van der Waals surface area contributed by atoms with Gasteiger partial charge in [0.2, 0.25) is 0 Å². The number of benzene rings is 1. The summed E-state index contributed by atoms with van der Waals surface area (Å²) in [5.74, 6) is 3.29. The van der Waals surface area contributed by atoms with Crippen molar-refractivity contribution in [3.05, 3.63) is 23.8 Å². The third-order valence-corrected chi connectivity index (χ3v) is 4.31.